The van der Waals surface area contributed by atoms with Crippen molar-refractivity contribution >= 4 is 28.9 Å². The number of nitrogens with zero attached hydrogens (tertiary/aromatic N) is 2. The molecular weight excluding hydrogens is 432 g/mol. The van der Waals surface area contributed by atoms with E-state index in [9.17, 15) is 9.59 Å². The van der Waals surface area contributed by atoms with Gasteiger partial charge >= 0.3 is 0 Å². The van der Waals surface area contributed by atoms with E-state index in [0.29, 0.717) is 34.3 Å². The number of ether oxygens (including phenoxy) is 1. The highest BCUT2D eigenvalue weighted by atomic mass is 35.5. The fourth-order valence-corrected chi connectivity index (χ4v) is 3.09. The number of halogens is 1. The molecule has 2 heterocycles. The average Bonchev–Trinajstić information content (AvgIpc) is 3.31. The predicted molar refractivity (Wildman–Crippen MR) is 121 cm³/mol. The molecule has 0 aliphatic rings. The van der Waals surface area contributed by atoms with Crippen LogP contribution in [0.15, 0.2) is 82.3 Å². The fraction of sp³-hybridized carbons (Fsp3) is 0.0870. The Hall–Kier alpha value is -4.04. The molecule has 0 bridgehead atoms. The van der Waals surface area contributed by atoms with Crippen LogP contribution in [-0.4, -0.2) is 15.7 Å². The van der Waals surface area contributed by atoms with E-state index in [0.717, 1.165) is 0 Å². The number of amides is 1. The van der Waals surface area contributed by atoms with Gasteiger partial charge in [-0.3, -0.25) is 9.59 Å². The lowest BCUT2D eigenvalue weighted by Gasteiger charge is -2.13. The van der Waals surface area contributed by atoms with E-state index in [1.54, 1.807) is 74.0 Å². The molecule has 4 rings (SSSR count). The standard InChI is InChI=1S/C23H19ClN4O4/c1-28-23(30)21(20(14-26-28)32-18-5-2-4-16(24)12-18)27-17-9-7-15(8-10-17)22(29)25-13-19-6-3-11-31-19/h2-12,14,27H,13H2,1H3,(H,25,29). The molecule has 0 spiro atoms. The number of anilines is 2. The third-order valence-corrected chi connectivity index (χ3v) is 4.78. The van der Waals surface area contributed by atoms with Gasteiger partial charge in [0.25, 0.3) is 11.5 Å². The second-order valence-corrected chi connectivity index (χ2v) is 7.27. The van der Waals surface area contributed by atoms with Gasteiger partial charge in [-0.05, 0) is 54.6 Å². The van der Waals surface area contributed by atoms with Gasteiger partial charge in [-0.25, -0.2) is 4.68 Å². The highest BCUT2D eigenvalue weighted by Gasteiger charge is 2.14. The number of rotatable bonds is 7. The Labute approximate surface area is 188 Å². The van der Waals surface area contributed by atoms with Crippen molar-refractivity contribution in [2.75, 3.05) is 5.32 Å². The van der Waals surface area contributed by atoms with E-state index in [4.69, 9.17) is 20.8 Å². The number of carbonyl (C=O) groups is 1. The zero-order valence-corrected chi connectivity index (χ0v) is 17.8. The third-order valence-electron chi connectivity index (χ3n) is 4.55. The number of aromatic nitrogens is 2. The van der Waals surface area contributed by atoms with Gasteiger partial charge in [0.1, 0.15) is 11.5 Å². The maximum Gasteiger partial charge on any atom is 0.294 e. The summed E-state index contributed by atoms with van der Waals surface area (Å²) in [6, 6.07) is 17.1. The van der Waals surface area contributed by atoms with E-state index in [-0.39, 0.29) is 22.9 Å². The van der Waals surface area contributed by atoms with Crippen LogP contribution in [0.4, 0.5) is 11.4 Å². The minimum absolute atomic E-state index is 0.206. The maximum atomic E-state index is 12.7. The molecule has 4 aromatic rings. The zero-order valence-electron chi connectivity index (χ0n) is 17.0. The van der Waals surface area contributed by atoms with Crippen LogP contribution in [0.5, 0.6) is 11.5 Å². The summed E-state index contributed by atoms with van der Waals surface area (Å²) in [6.45, 7) is 0.295. The molecule has 8 nitrogen and oxygen atoms in total. The van der Waals surface area contributed by atoms with Gasteiger partial charge in [-0.1, -0.05) is 17.7 Å². The lowest BCUT2D eigenvalue weighted by atomic mass is 10.2. The van der Waals surface area contributed by atoms with Crippen LogP contribution in [-0.2, 0) is 13.6 Å². The Kier molecular flexibility index (Phi) is 6.23. The summed E-state index contributed by atoms with van der Waals surface area (Å²) in [4.78, 5) is 25.0. The SMILES string of the molecule is Cn1ncc(Oc2cccc(Cl)c2)c(Nc2ccc(C(=O)NCc3ccco3)cc2)c1=O. The molecule has 2 N–H and O–H groups in total. The van der Waals surface area contributed by atoms with Crippen LogP contribution in [0.2, 0.25) is 5.02 Å². The quantitative estimate of drug-likeness (QED) is 0.430. The van der Waals surface area contributed by atoms with Gasteiger partial charge in [0.05, 0.1) is 19.0 Å². The van der Waals surface area contributed by atoms with Crippen LogP contribution in [0.3, 0.4) is 0 Å². The van der Waals surface area contributed by atoms with E-state index in [1.807, 2.05) is 0 Å². The second kappa shape index (κ2) is 9.40. The summed E-state index contributed by atoms with van der Waals surface area (Å²) < 4.78 is 12.2. The Morgan fingerprint density at radius 1 is 1.16 bits per heavy atom. The zero-order chi connectivity index (χ0) is 22.5. The largest absolute Gasteiger partial charge is 0.467 e. The first kappa shape index (κ1) is 21.2. The maximum absolute atomic E-state index is 12.7. The van der Waals surface area contributed by atoms with Crippen molar-refractivity contribution in [3.05, 3.63) is 99.8 Å². The lowest BCUT2D eigenvalue weighted by molar-refractivity contribution is 0.0948. The fourth-order valence-electron chi connectivity index (χ4n) is 2.91. The molecule has 0 aliphatic carbocycles. The summed E-state index contributed by atoms with van der Waals surface area (Å²) in [5.74, 6) is 1.14. The summed E-state index contributed by atoms with van der Waals surface area (Å²) in [5, 5.41) is 10.4. The number of aryl methyl sites for hydroxylation is 1. The normalized spacial score (nSPS) is 10.6. The minimum atomic E-state index is -0.371. The number of furan rings is 1. The van der Waals surface area contributed by atoms with Crippen molar-refractivity contribution in [3.63, 3.8) is 0 Å². The lowest BCUT2D eigenvalue weighted by Crippen LogP contribution is -2.23. The number of carbonyl (C=O) groups excluding carboxylic acids is 1. The molecule has 0 unspecified atom stereocenters. The van der Waals surface area contributed by atoms with Crippen molar-refractivity contribution in [3.8, 4) is 11.5 Å². The third kappa shape index (κ3) is 4.98. The van der Waals surface area contributed by atoms with Crippen LogP contribution >= 0.6 is 11.6 Å². The number of nitrogens with one attached hydrogen (secondary N) is 2. The van der Waals surface area contributed by atoms with Gasteiger partial charge in [-0.15, -0.1) is 0 Å². The summed E-state index contributed by atoms with van der Waals surface area (Å²) in [7, 11) is 1.54. The van der Waals surface area contributed by atoms with Gasteiger partial charge in [0.2, 0.25) is 0 Å². The average molecular weight is 451 g/mol. The van der Waals surface area contributed by atoms with E-state index >= 15 is 0 Å². The molecule has 32 heavy (non-hydrogen) atoms. The van der Waals surface area contributed by atoms with Crippen molar-refractivity contribution < 1.29 is 13.9 Å². The highest BCUT2D eigenvalue weighted by Crippen LogP contribution is 2.29. The Bertz CT molecular complexity index is 1280. The Balaban J connectivity index is 1.51. The minimum Gasteiger partial charge on any atom is -0.467 e. The summed E-state index contributed by atoms with van der Waals surface area (Å²) in [5.41, 5.74) is 0.911. The van der Waals surface area contributed by atoms with Crippen molar-refractivity contribution in [2.45, 2.75) is 6.54 Å². The van der Waals surface area contributed by atoms with Crippen molar-refractivity contribution in [2.24, 2.45) is 7.05 Å². The second-order valence-electron chi connectivity index (χ2n) is 6.84. The molecule has 0 radical (unpaired) electrons. The number of hydrogen-bond donors (Lipinski definition) is 2. The van der Waals surface area contributed by atoms with E-state index in [1.165, 1.54) is 10.9 Å². The Morgan fingerprint density at radius 3 is 2.69 bits per heavy atom. The molecular formula is C23H19ClN4O4. The van der Waals surface area contributed by atoms with Crippen molar-refractivity contribution in [1.82, 2.24) is 15.1 Å². The number of hydrogen-bond acceptors (Lipinski definition) is 6. The molecule has 2 aromatic carbocycles. The number of benzene rings is 2. The van der Waals surface area contributed by atoms with Gasteiger partial charge in [0.15, 0.2) is 11.4 Å². The first-order valence-electron chi connectivity index (χ1n) is 9.67. The van der Waals surface area contributed by atoms with Crippen LogP contribution in [0.25, 0.3) is 0 Å². The molecule has 2 aromatic heterocycles. The smallest absolute Gasteiger partial charge is 0.294 e. The van der Waals surface area contributed by atoms with Gasteiger partial charge < -0.3 is 19.8 Å². The molecule has 9 heteroatoms. The van der Waals surface area contributed by atoms with E-state index in [2.05, 4.69) is 15.7 Å². The van der Waals surface area contributed by atoms with Crippen LogP contribution < -0.4 is 20.9 Å². The molecule has 0 saturated carbocycles. The van der Waals surface area contributed by atoms with Gasteiger partial charge in [-0.2, -0.15) is 5.10 Å². The van der Waals surface area contributed by atoms with E-state index < -0.39 is 0 Å². The molecule has 0 fully saturated rings. The molecule has 1 amide bonds. The molecule has 0 aliphatic heterocycles. The topological polar surface area (TPSA) is 98.4 Å². The summed E-state index contributed by atoms with van der Waals surface area (Å²) in [6.07, 6.45) is 3.00. The molecule has 162 valence electrons. The van der Waals surface area contributed by atoms with Crippen LogP contribution in [0, 0.1) is 0 Å². The summed E-state index contributed by atoms with van der Waals surface area (Å²) >= 11 is 6.01. The highest BCUT2D eigenvalue weighted by molar-refractivity contribution is 6.30. The van der Waals surface area contributed by atoms with Gasteiger partial charge in [0, 0.05) is 23.3 Å². The van der Waals surface area contributed by atoms with Crippen LogP contribution in [0.1, 0.15) is 16.1 Å². The monoisotopic (exact) mass is 450 g/mol. The molecule has 0 atom stereocenters. The molecule has 0 saturated heterocycles. The predicted octanol–water partition coefficient (Wildman–Crippen LogP) is 4.49. The van der Waals surface area contributed by atoms with Crippen molar-refractivity contribution in [1.29, 1.82) is 0 Å². The first-order valence-corrected chi connectivity index (χ1v) is 10.0. The Morgan fingerprint density at radius 2 is 1.97 bits per heavy atom. The first-order chi connectivity index (χ1) is 15.5.